The van der Waals surface area contributed by atoms with Crippen molar-refractivity contribution in [1.82, 2.24) is 4.57 Å². The number of para-hydroxylation sites is 2. The summed E-state index contributed by atoms with van der Waals surface area (Å²) in [5.41, 5.74) is 1.89. The second-order valence-electron chi connectivity index (χ2n) is 4.71. The van der Waals surface area contributed by atoms with Gasteiger partial charge in [-0.1, -0.05) is 40.2 Å². The van der Waals surface area contributed by atoms with E-state index in [4.69, 9.17) is 9.15 Å². The van der Waals surface area contributed by atoms with Crippen molar-refractivity contribution in [3.63, 3.8) is 0 Å². The monoisotopic (exact) mass is 361 g/mol. The lowest BCUT2D eigenvalue weighted by Gasteiger charge is -2.06. The number of aromatic nitrogens is 1. The van der Waals surface area contributed by atoms with E-state index in [-0.39, 0.29) is 13.2 Å². The van der Waals surface area contributed by atoms with Gasteiger partial charge in [0.2, 0.25) is 0 Å². The molecule has 22 heavy (non-hydrogen) atoms. The van der Waals surface area contributed by atoms with Gasteiger partial charge >= 0.3 is 11.7 Å². The summed E-state index contributed by atoms with van der Waals surface area (Å²) in [7, 11) is 0. The summed E-state index contributed by atoms with van der Waals surface area (Å²) in [4.78, 5) is 23.7. The number of rotatable bonds is 4. The molecule has 0 spiro atoms. The molecule has 3 aromatic rings. The first-order valence-electron chi connectivity index (χ1n) is 6.62. The number of nitrogens with zero attached hydrogens (tertiary/aromatic N) is 1. The van der Waals surface area contributed by atoms with Gasteiger partial charge in [-0.15, -0.1) is 0 Å². The van der Waals surface area contributed by atoms with E-state index < -0.39 is 11.7 Å². The van der Waals surface area contributed by atoms with Gasteiger partial charge in [0, 0.05) is 4.47 Å². The van der Waals surface area contributed by atoms with Crippen molar-refractivity contribution < 1.29 is 13.9 Å². The van der Waals surface area contributed by atoms with Gasteiger partial charge in [0.25, 0.3) is 0 Å². The molecule has 0 aliphatic heterocycles. The molecule has 0 unspecified atom stereocenters. The molecule has 0 aliphatic rings. The molecule has 1 aromatic heterocycles. The molecule has 6 heteroatoms. The summed E-state index contributed by atoms with van der Waals surface area (Å²) in [5, 5.41) is 0. The minimum Gasteiger partial charge on any atom is -0.459 e. The first-order valence-corrected chi connectivity index (χ1v) is 7.41. The van der Waals surface area contributed by atoms with Crippen molar-refractivity contribution >= 4 is 33.0 Å². The highest BCUT2D eigenvalue weighted by Crippen LogP contribution is 2.14. The van der Waals surface area contributed by atoms with Crippen LogP contribution in [-0.2, 0) is 22.7 Å². The van der Waals surface area contributed by atoms with Gasteiger partial charge in [-0.25, -0.2) is 4.79 Å². The normalized spacial score (nSPS) is 10.8. The Morgan fingerprint density at radius 2 is 2.00 bits per heavy atom. The summed E-state index contributed by atoms with van der Waals surface area (Å²) in [6, 6.07) is 14.4. The Balaban J connectivity index is 1.71. The second-order valence-corrected chi connectivity index (χ2v) is 5.63. The average Bonchev–Trinajstić information content (AvgIpc) is 2.81. The van der Waals surface area contributed by atoms with Gasteiger partial charge in [-0.05, 0) is 29.8 Å². The predicted molar refractivity (Wildman–Crippen MR) is 84.4 cm³/mol. The smallest absolute Gasteiger partial charge is 0.420 e. The van der Waals surface area contributed by atoms with Gasteiger partial charge in [0.15, 0.2) is 5.58 Å². The van der Waals surface area contributed by atoms with Crippen LogP contribution in [0.15, 0.2) is 62.2 Å². The van der Waals surface area contributed by atoms with E-state index in [0.29, 0.717) is 11.1 Å². The third-order valence-electron chi connectivity index (χ3n) is 3.15. The largest absolute Gasteiger partial charge is 0.459 e. The van der Waals surface area contributed by atoms with Crippen LogP contribution in [-0.4, -0.2) is 10.5 Å². The summed E-state index contributed by atoms with van der Waals surface area (Å²) in [6.07, 6.45) is 0. The molecule has 0 N–H and O–H groups in total. The molecule has 112 valence electrons. The predicted octanol–water partition coefficient (Wildman–Crippen LogP) is 3.10. The average molecular weight is 362 g/mol. The first-order chi connectivity index (χ1) is 10.6. The topological polar surface area (TPSA) is 61.4 Å². The molecular weight excluding hydrogens is 350 g/mol. The fraction of sp³-hybridized carbons (Fsp3) is 0.125. The van der Waals surface area contributed by atoms with Crippen LogP contribution in [0.2, 0.25) is 0 Å². The van der Waals surface area contributed by atoms with Gasteiger partial charge in [0.05, 0.1) is 5.52 Å². The Hall–Kier alpha value is -2.34. The van der Waals surface area contributed by atoms with Crippen LogP contribution in [0.5, 0.6) is 0 Å². The van der Waals surface area contributed by atoms with Crippen LogP contribution in [0.4, 0.5) is 0 Å². The third kappa shape index (κ3) is 3.12. The van der Waals surface area contributed by atoms with E-state index in [0.717, 1.165) is 10.0 Å². The molecule has 0 saturated heterocycles. The number of hydrogen-bond acceptors (Lipinski definition) is 4. The number of benzene rings is 2. The Morgan fingerprint density at radius 1 is 1.18 bits per heavy atom. The SMILES string of the molecule is O=C(Cn1c(=O)oc2ccccc21)OCc1cccc(Br)c1. The number of carbonyl (C=O) groups is 1. The van der Waals surface area contributed by atoms with Crippen molar-refractivity contribution in [2.24, 2.45) is 0 Å². The zero-order valence-corrected chi connectivity index (χ0v) is 13.1. The van der Waals surface area contributed by atoms with Crippen molar-refractivity contribution in [3.8, 4) is 0 Å². The van der Waals surface area contributed by atoms with Crippen molar-refractivity contribution in [2.75, 3.05) is 0 Å². The van der Waals surface area contributed by atoms with E-state index in [1.807, 2.05) is 24.3 Å². The van der Waals surface area contributed by atoms with E-state index in [2.05, 4.69) is 15.9 Å². The number of carbonyl (C=O) groups excluding carboxylic acids is 1. The van der Waals surface area contributed by atoms with Crippen LogP contribution in [0.25, 0.3) is 11.1 Å². The maximum absolute atomic E-state index is 11.9. The molecular formula is C16H12BrNO4. The van der Waals surface area contributed by atoms with Gasteiger partial charge in [-0.3, -0.25) is 9.36 Å². The number of hydrogen-bond donors (Lipinski definition) is 0. The van der Waals surface area contributed by atoms with E-state index in [1.165, 1.54) is 4.57 Å². The van der Waals surface area contributed by atoms with Gasteiger partial charge in [-0.2, -0.15) is 0 Å². The Morgan fingerprint density at radius 3 is 2.82 bits per heavy atom. The minimum atomic E-state index is -0.569. The zero-order valence-electron chi connectivity index (χ0n) is 11.5. The van der Waals surface area contributed by atoms with Crippen molar-refractivity contribution in [2.45, 2.75) is 13.2 Å². The maximum atomic E-state index is 11.9. The number of ether oxygens (including phenoxy) is 1. The number of halogens is 1. The fourth-order valence-corrected chi connectivity index (χ4v) is 2.58. The summed E-state index contributed by atoms with van der Waals surface area (Å²) in [5.74, 6) is -1.06. The number of fused-ring (bicyclic) bond motifs is 1. The molecule has 1 heterocycles. The minimum absolute atomic E-state index is 0.156. The summed E-state index contributed by atoms with van der Waals surface area (Å²) in [6.45, 7) is -0.0212. The molecule has 0 aliphatic carbocycles. The molecule has 0 amide bonds. The highest BCUT2D eigenvalue weighted by molar-refractivity contribution is 9.10. The van der Waals surface area contributed by atoms with Crippen LogP contribution in [0.3, 0.4) is 0 Å². The van der Waals surface area contributed by atoms with Crippen LogP contribution >= 0.6 is 15.9 Å². The summed E-state index contributed by atoms with van der Waals surface area (Å²) >= 11 is 3.36. The van der Waals surface area contributed by atoms with Crippen molar-refractivity contribution in [1.29, 1.82) is 0 Å². The Labute approximate surface area is 134 Å². The third-order valence-corrected chi connectivity index (χ3v) is 3.64. The van der Waals surface area contributed by atoms with E-state index in [1.54, 1.807) is 24.3 Å². The lowest BCUT2D eigenvalue weighted by atomic mass is 10.2. The lowest BCUT2D eigenvalue weighted by Crippen LogP contribution is -2.21. The van der Waals surface area contributed by atoms with Crippen LogP contribution in [0, 0.1) is 0 Å². The Kier molecular flexibility index (Phi) is 4.11. The zero-order chi connectivity index (χ0) is 15.5. The van der Waals surface area contributed by atoms with Crippen LogP contribution in [0.1, 0.15) is 5.56 Å². The maximum Gasteiger partial charge on any atom is 0.420 e. The molecule has 5 nitrogen and oxygen atoms in total. The lowest BCUT2D eigenvalue weighted by molar-refractivity contribution is -0.145. The molecule has 3 rings (SSSR count). The quantitative estimate of drug-likeness (QED) is 0.670. The summed E-state index contributed by atoms with van der Waals surface area (Å²) < 4.78 is 12.4. The standard InChI is InChI=1S/C16H12BrNO4/c17-12-5-3-4-11(8-12)10-21-15(19)9-18-13-6-1-2-7-14(13)22-16(18)20/h1-8H,9-10H2. The number of esters is 1. The van der Waals surface area contributed by atoms with E-state index >= 15 is 0 Å². The van der Waals surface area contributed by atoms with Gasteiger partial charge < -0.3 is 9.15 Å². The second kappa shape index (κ2) is 6.19. The van der Waals surface area contributed by atoms with Gasteiger partial charge in [0.1, 0.15) is 13.2 Å². The number of oxazole rings is 1. The Bertz CT molecular complexity index is 881. The molecule has 0 atom stereocenters. The highest BCUT2D eigenvalue weighted by atomic mass is 79.9. The molecule has 0 fully saturated rings. The molecule has 0 radical (unpaired) electrons. The highest BCUT2D eigenvalue weighted by Gasteiger charge is 2.13. The molecule has 0 saturated carbocycles. The first kappa shape index (κ1) is 14.6. The van der Waals surface area contributed by atoms with Crippen LogP contribution < -0.4 is 5.76 Å². The fourth-order valence-electron chi connectivity index (χ4n) is 2.13. The van der Waals surface area contributed by atoms with E-state index in [9.17, 15) is 9.59 Å². The van der Waals surface area contributed by atoms with Crippen molar-refractivity contribution in [3.05, 3.63) is 69.1 Å². The molecule has 0 bridgehead atoms. The molecule has 2 aromatic carbocycles.